The molecule has 112 valence electrons. The number of piperidine rings is 1. The molecular formula is C14H21FN2O3. The van der Waals surface area contributed by atoms with E-state index in [9.17, 15) is 14.6 Å². The first-order valence-electron chi connectivity index (χ1n) is 6.81. The van der Waals surface area contributed by atoms with E-state index in [0.717, 1.165) is 0 Å². The molecule has 4 N–H and O–H groups in total. The molecule has 5 nitrogen and oxygen atoms in total. The summed E-state index contributed by atoms with van der Waals surface area (Å²) in [4.78, 5) is 4.16. The van der Waals surface area contributed by atoms with Crippen LogP contribution in [-0.2, 0) is 5.67 Å². The highest BCUT2D eigenvalue weighted by molar-refractivity contribution is 5.30. The maximum atomic E-state index is 14.9. The van der Waals surface area contributed by atoms with E-state index in [0.29, 0.717) is 42.8 Å². The van der Waals surface area contributed by atoms with Gasteiger partial charge in [-0.2, -0.15) is 0 Å². The van der Waals surface area contributed by atoms with E-state index in [1.165, 1.54) is 6.20 Å². The molecule has 2 atom stereocenters. The topological polar surface area (TPSA) is 85.6 Å². The second-order valence-corrected chi connectivity index (χ2v) is 5.34. The summed E-state index contributed by atoms with van der Waals surface area (Å²) < 4.78 is 14.9. The minimum absolute atomic E-state index is 0.377. The number of hydrogen-bond acceptors (Lipinski definition) is 5. The average Bonchev–Trinajstić information content (AvgIpc) is 2.46. The van der Waals surface area contributed by atoms with Gasteiger partial charge in [0.25, 0.3) is 0 Å². The summed E-state index contributed by atoms with van der Waals surface area (Å²) in [5.41, 5.74) is -0.0103. The number of aliphatic hydroxyl groups is 3. The summed E-state index contributed by atoms with van der Waals surface area (Å²) >= 11 is 0. The molecule has 0 aliphatic carbocycles. The predicted octanol–water partition coefficient (Wildman–Crippen LogP) is 0.325. The van der Waals surface area contributed by atoms with Crippen LogP contribution in [-0.4, -0.2) is 46.1 Å². The van der Waals surface area contributed by atoms with Gasteiger partial charge in [0.1, 0.15) is 12.2 Å². The molecule has 0 bridgehead atoms. The average molecular weight is 284 g/mol. The van der Waals surface area contributed by atoms with Crippen LogP contribution in [0.4, 0.5) is 4.39 Å². The van der Waals surface area contributed by atoms with Gasteiger partial charge in [-0.3, -0.25) is 4.98 Å². The lowest BCUT2D eigenvalue weighted by atomic mass is 9.87. The van der Waals surface area contributed by atoms with Crippen LogP contribution in [0, 0.1) is 6.92 Å². The first-order valence-corrected chi connectivity index (χ1v) is 6.81. The van der Waals surface area contributed by atoms with Crippen LogP contribution in [0.5, 0.6) is 0 Å². The largest absolute Gasteiger partial charge is 0.394 e. The van der Waals surface area contributed by atoms with Gasteiger partial charge in [-0.15, -0.1) is 0 Å². The summed E-state index contributed by atoms with van der Waals surface area (Å²) in [5, 5.41) is 31.2. The van der Waals surface area contributed by atoms with Gasteiger partial charge in [-0.05, 0) is 44.5 Å². The fraction of sp³-hybridized carbons (Fsp3) is 0.643. The van der Waals surface area contributed by atoms with Crippen LogP contribution in [0.25, 0.3) is 0 Å². The second-order valence-electron chi connectivity index (χ2n) is 5.34. The number of nitrogens with one attached hydrogen (secondary N) is 1. The van der Waals surface area contributed by atoms with Crippen molar-refractivity contribution in [3.05, 3.63) is 29.1 Å². The normalized spacial score (nSPS) is 21.4. The van der Waals surface area contributed by atoms with Gasteiger partial charge in [-0.25, -0.2) is 4.39 Å². The standard InChI is InChI=1S/C14H21FN2O3/c1-9-6-10(12(20)11(19)8-18)7-17-13(9)14(15)2-4-16-5-3-14/h6-7,11-12,16,18-20H,2-5,8H2,1H3. The minimum atomic E-state index is -1.44. The highest BCUT2D eigenvalue weighted by Crippen LogP contribution is 2.36. The van der Waals surface area contributed by atoms with Crippen molar-refractivity contribution in [2.45, 2.75) is 37.6 Å². The highest BCUT2D eigenvalue weighted by Gasteiger charge is 2.36. The van der Waals surface area contributed by atoms with Crippen molar-refractivity contribution in [3.63, 3.8) is 0 Å². The van der Waals surface area contributed by atoms with Crippen molar-refractivity contribution in [3.8, 4) is 0 Å². The lowest BCUT2D eigenvalue weighted by Gasteiger charge is -2.31. The van der Waals surface area contributed by atoms with Crippen molar-refractivity contribution in [2.24, 2.45) is 0 Å². The number of aliphatic hydroxyl groups excluding tert-OH is 3. The Hall–Kier alpha value is -1.08. The number of rotatable bonds is 4. The number of hydrogen-bond donors (Lipinski definition) is 4. The van der Waals surface area contributed by atoms with Gasteiger partial charge in [0, 0.05) is 11.8 Å². The molecule has 1 aromatic rings. The molecule has 0 amide bonds. The number of halogens is 1. The molecule has 20 heavy (non-hydrogen) atoms. The molecule has 1 aliphatic heterocycles. The van der Waals surface area contributed by atoms with Crippen molar-refractivity contribution in [1.82, 2.24) is 10.3 Å². The maximum absolute atomic E-state index is 14.9. The fourth-order valence-electron chi connectivity index (χ4n) is 2.61. The number of pyridine rings is 1. The minimum Gasteiger partial charge on any atom is -0.394 e. The Labute approximate surface area is 117 Å². The Bertz CT molecular complexity index is 464. The van der Waals surface area contributed by atoms with Gasteiger partial charge in [0.15, 0.2) is 5.67 Å². The zero-order valence-electron chi connectivity index (χ0n) is 11.5. The van der Waals surface area contributed by atoms with Gasteiger partial charge in [-0.1, -0.05) is 0 Å². The molecule has 0 aromatic carbocycles. The molecule has 0 spiro atoms. The maximum Gasteiger partial charge on any atom is 0.155 e. The molecule has 2 rings (SSSR count). The van der Waals surface area contributed by atoms with E-state index in [1.54, 1.807) is 13.0 Å². The van der Waals surface area contributed by atoms with Gasteiger partial charge in [0.05, 0.1) is 12.3 Å². The first-order chi connectivity index (χ1) is 9.48. The molecule has 0 saturated carbocycles. The molecular weight excluding hydrogens is 263 g/mol. The third-order valence-corrected chi connectivity index (χ3v) is 3.81. The van der Waals surface area contributed by atoms with Crippen LogP contribution < -0.4 is 5.32 Å². The lowest BCUT2D eigenvalue weighted by Crippen LogP contribution is -2.37. The number of nitrogens with zero attached hydrogens (tertiary/aromatic N) is 1. The Balaban J connectivity index is 2.25. The summed E-state index contributed by atoms with van der Waals surface area (Å²) in [7, 11) is 0. The number of aromatic nitrogens is 1. The van der Waals surface area contributed by atoms with Crippen LogP contribution in [0.1, 0.15) is 35.8 Å². The van der Waals surface area contributed by atoms with E-state index < -0.39 is 24.5 Å². The van der Waals surface area contributed by atoms with Gasteiger partial charge >= 0.3 is 0 Å². The summed E-state index contributed by atoms with van der Waals surface area (Å²) in [6.45, 7) is 2.43. The SMILES string of the molecule is Cc1cc(C(O)C(O)CO)cnc1C1(F)CCNCC1. The third kappa shape index (κ3) is 2.98. The quantitative estimate of drug-likeness (QED) is 0.640. The van der Waals surface area contributed by atoms with Gasteiger partial charge in [0.2, 0.25) is 0 Å². The molecule has 1 aromatic heterocycles. The third-order valence-electron chi connectivity index (χ3n) is 3.81. The van der Waals surface area contributed by atoms with E-state index in [2.05, 4.69) is 10.3 Å². The zero-order valence-corrected chi connectivity index (χ0v) is 11.5. The van der Waals surface area contributed by atoms with Crippen LogP contribution in [0.2, 0.25) is 0 Å². The van der Waals surface area contributed by atoms with Gasteiger partial charge < -0.3 is 20.6 Å². The Morgan fingerprint density at radius 2 is 2.05 bits per heavy atom. The van der Waals surface area contributed by atoms with Crippen molar-refractivity contribution >= 4 is 0 Å². The van der Waals surface area contributed by atoms with Crippen molar-refractivity contribution in [2.75, 3.05) is 19.7 Å². The van der Waals surface area contributed by atoms with Crippen LogP contribution >= 0.6 is 0 Å². The molecule has 2 unspecified atom stereocenters. The predicted molar refractivity (Wildman–Crippen MR) is 71.9 cm³/mol. The molecule has 6 heteroatoms. The number of alkyl halides is 1. The van der Waals surface area contributed by atoms with Crippen molar-refractivity contribution in [1.29, 1.82) is 0 Å². The fourth-order valence-corrected chi connectivity index (χ4v) is 2.61. The smallest absolute Gasteiger partial charge is 0.155 e. The molecule has 1 saturated heterocycles. The van der Waals surface area contributed by atoms with E-state index in [4.69, 9.17) is 5.11 Å². The van der Waals surface area contributed by atoms with E-state index in [1.807, 2.05) is 0 Å². The van der Waals surface area contributed by atoms with Crippen LogP contribution in [0.3, 0.4) is 0 Å². The highest BCUT2D eigenvalue weighted by atomic mass is 19.1. The molecule has 1 fully saturated rings. The summed E-state index contributed by atoms with van der Waals surface area (Å²) in [5.74, 6) is 0. The first kappa shape index (κ1) is 15.3. The Morgan fingerprint density at radius 3 is 2.60 bits per heavy atom. The molecule has 1 aliphatic rings. The Morgan fingerprint density at radius 1 is 1.40 bits per heavy atom. The van der Waals surface area contributed by atoms with E-state index >= 15 is 0 Å². The lowest BCUT2D eigenvalue weighted by molar-refractivity contribution is -0.0155. The van der Waals surface area contributed by atoms with Crippen molar-refractivity contribution < 1.29 is 19.7 Å². The Kier molecular flexibility index (Phi) is 4.70. The zero-order chi connectivity index (χ0) is 14.8. The summed E-state index contributed by atoms with van der Waals surface area (Å²) in [6.07, 6.45) is -0.358. The second kappa shape index (κ2) is 6.13. The summed E-state index contributed by atoms with van der Waals surface area (Å²) in [6, 6.07) is 1.62. The number of aryl methyl sites for hydroxylation is 1. The molecule has 2 heterocycles. The van der Waals surface area contributed by atoms with Crippen LogP contribution in [0.15, 0.2) is 12.3 Å². The molecule has 0 radical (unpaired) electrons. The monoisotopic (exact) mass is 284 g/mol. The van der Waals surface area contributed by atoms with E-state index in [-0.39, 0.29) is 0 Å².